The molecule has 1 aliphatic heterocycles. The summed E-state index contributed by atoms with van der Waals surface area (Å²) in [7, 11) is 0. The second-order valence-electron chi connectivity index (χ2n) is 7.02. The van der Waals surface area contributed by atoms with E-state index in [4.69, 9.17) is 9.15 Å². The van der Waals surface area contributed by atoms with E-state index in [1.54, 1.807) is 36.4 Å². The van der Waals surface area contributed by atoms with Gasteiger partial charge in [-0.2, -0.15) is 0 Å². The third-order valence-corrected chi connectivity index (χ3v) is 5.01. The molecule has 0 spiro atoms. The van der Waals surface area contributed by atoms with E-state index in [1.807, 2.05) is 11.0 Å². The molecule has 31 heavy (non-hydrogen) atoms. The lowest BCUT2D eigenvalue weighted by Gasteiger charge is -2.30. The number of hydrogen-bond acceptors (Lipinski definition) is 7. The molecule has 0 unspecified atom stereocenters. The highest BCUT2D eigenvalue weighted by atomic mass is 16.6. The molecule has 2 aromatic carbocycles. The first-order valence-corrected chi connectivity index (χ1v) is 9.77. The Morgan fingerprint density at radius 3 is 2.65 bits per heavy atom. The van der Waals surface area contributed by atoms with Crippen LogP contribution in [0.4, 0.5) is 17.1 Å². The second-order valence-corrected chi connectivity index (χ2v) is 7.02. The Bertz CT molecular complexity index is 1100. The summed E-state index contributed by atoms with van der Waals surface area (Å²) in [5, 5.41) is 23.3. The third kappa shape index (κ3) is 4.57. The molecule has 1 aliphatic rings. The number of nitrogens with zero attached hydrogens (tertiary/aromatic N) is 2. The van der Waals surface area contributed by atoms with Gasteiger partial charge in [0.05, 0.1) is 29.4 Å². The fourth-order valence-electron chi connectivity index (χ4n) is 3.47. The van der Waals surface area contributed by atoms with E-state index in [0.717, 1.165) is 5.56 Å². The number of carbonyl (C=O) groups is 1. The smallest absolute Gasteiger partial charge is 0.270 e. The number of benzene rings is 2. The number of aliphatic hydroxyl groups excluding tert-OH is 1. The number of ether oxygens (including phenoxy) is 1. The monoisotopic (exact) mass is 423 g/mol. The van der Waals surface area contributed by atoms with Crippen LogP contribution in [0.15, 0.2) is 59.0 Å². The van der Waals surface area contributed by atoms with Gasteiger partial charge in [0.25, 0.3) is 11.6 Å². The number of rotatable bonds is 6. The molecular weight excluding hydrogens is 402 g/mol. The van der Waals surface area contributed by atoms with Gasteiger partial charge in [-0.15, -0.1) is 0 Å². The maximum absolute atomic E-state index is 13.1. The quantitative estimate of drug-likeness (QED) is 0.461. The van der Waals surface area contributed by atoms with Crippen LogP contribution in [-0.4, -0.2) is 42.2 Å². The van der Waals surface area contributed by atoms with E-state index in [2.05, 4.69) is 5.32 Å². The standard InChI is InChI=1S/C22H21N3O6/c26-14-18-5-7-21(31-18)15-2-1-3-16(12-15)23-22(27)19-13-17(25(28)29)4-6-20(19)24-8-10-30-11-9-24/h1-7,12-13,26H,8-11,14H2,(H,23,27). The Hall–Kier alpha value is -3.69. The van der Waals surface area contributed by atoms with Gasteiger partial charge < -0.3 is 24.5 Å². The van der Waals surface area contributed by atoms with Crippen molar-refractivity contribution < 1.29 is 24.0 Å². The molecule has 0 atom stereocenters. The molecule has 9 heteroatoms. The number of non-ortho nitro benzene ring substituents is 1. The summed E-state index contributed by atoms with van der Waals surface area (Å²) in [6, 6.07) is 14.8. The molecule has 0 bridgehead atoms. The van der Waals surface area contributed by atoms with Crippen LogP contribution in [0.5, 0.6) is 0 Å². The van der Waals surface area contributed by atoms with Crippen molar-refractivity contribution in [3.63, 3.8) is 0 Å². The Labute approximate surface area is 178 Å². The predicted octanol–water partition coefficient (Wildman–Crippen LogP) is 3.44. The lowest BCUT2D eigenvalue weighted by molar-refractivity contribution is -0.384. The van der Waals surface area contributed by atoms with Crippen molar-refractivity contribution in [1.82, 2.24) is 0 Å². The van der Waals surface area contributed by atoms with E-state index in [9.17, 15) is 20.0 Å². The lowest BCUT2D eigenvalue weighted by atomic mass is 10.1. The Balaban J connectivity index is 1.62. The van der Waals surface area contributed by atoms with E-state index in [0.29, 0.717) is 49.2 Å². The van der Waals surface area contributed by atoms with Crippen LogP contribution in [0, 0.1) is 10.1 Å². The number of aliphatic hydroxyl groups is 1. The number of morpholine rings is 1. The van der Waals surface area contributed by atoms with Gasteiger partial charge in [-0.3, -0.25) is 14.9 Å². The Morgan fingerprint density at radius 1 is 1.13 bits per heavy atom. The van der Waals surface area contributed by atoms with Crippen molar-refractivity contribution in [2.75, 3.05) is 36.5 Å². The molecule has 4 rings (SSSR count). The van der Waals surface area contributed by atoms with Crippen LogP contribution in [-0.2, 0) is 11.3 Å². The average Bonchev–Trinajstić information content (AvgIpc) is 3.29. The predicted molar refractivity (Wildman–Crippen MR) is 114 cm³/mol. The van der Waals surface area contributed by atoms with E-state index >= 15 is 0 Å². The summed E-state index contributed by atoms with van der Waals surface area (Å²) in [6.07, 6.45) is 0. The minimum Gasteiger partial charge on any atom is -0.459 e. The second kappa shape index (κ2) is 8.99. The van der Waals surface area contributed by atoms with Gasteiger partial charge >= 0.3 is 0 Å². The highest BCUT2D eigenvalue weighted by molar-refractivity contribution is 6.08. The van der Waals surface area contributed by atoms with Gasteiger partial charge in [-0.1, -0.05) is 12.1 Å². The van der Waals surface area contributed by atoms with Gasteiger partial charge in [0.1, 0.15) is 18.1 Å². The molecule has 3 aromatic rings. The molecule has 0 radical (unpaired) electrons. The molecule has 160 valence electrons. The van der Waals surface area contributed by atoms with E-state index in [-0.39, 0.29) is 17.9 Å². The molecule has 1 fully saturated rings. The number of nitrogens with one attached hydrogen (secondary N) is 1. The molecule has 0 aliphatic carbocycles. The van der Waals surface area contributed by atoms with Gasteiger partial charge in [0.15, 0.2) is 0 Å². The number of hydrogen-bond donors (Lipinski definition) is 2. The van der Waals surface area contributed by atoms with Crippen LogP contribution in [0.3, 0.4) is 0 Å². The summed E-state index contributed by atoms with van der Waals surface area (Å²) in [5.41, 5.74) is 1.94. The number of nitro benzene ring substituents is 1. The highest BCUT2D eigenvalue weighted by Gasteiger charge is 2.22. The summed E-state index contributed by atoms with van der Waals surface area (Å²) in [5.74, 6) is 0.554. The number of carbonyl (C=O) groups excluding carboxylic acids is 1. The zero-order valence-corrected chi connectivity index (χ0v) is 16.6. The van der Waals surface area contributed by atoms with E-state index in [1.165, 1.54) is 12.1 Å². The topological polar surface area (TPSA) is 118 Å². The molecule has 1 aromatic heterocycles. The maximum atomic E-state index is 13.1. The zero-order valence-electron chi connectivity index (χ0n) is 16.6. The molecule has 9 nitrogen and oxygen atoms in total. The van der Waals surface area contributed by atoms with Crippen LogP contribution >= 0.6 is 0 Å². The number of nitro groups is 1. The Kier molecular flexibility index (Phi) is 5.96. The zero-order chi connectivity index (χ0) is 21.8. The SMILES string of the molecule is O=C(Nc1cccc(-c2ccc(CO)o2)c1)c1cc([N+](=O)[O-])ccc1N1CCOCC1. The maximum Gasteiger partial charge on any atom is 0.270 e. The number of furan rings is 1. The lowest BCUT2D eigenvalue weighted by Crippen LogP contribution is -2.37. The summed E-state index contributed by atoms with van der Waals surface area (Å²) < 4.78 is 10.9. The van der Waals surface area contributed by atoms with Crippen molar-refractivity contribution in [3.8, 4) is 11.3 Å². The summed E-state index contributed by atoms with van der Waals surface area (Å²) >= 11 is 0. The molecule has 1 amide bonds. The minimum absolute atomic E-state index is 0.150. The summed E-state index contributed by atoms with van der Waals surface area (Å²) in [6.45, 7) is 2.05. The average molecular weight is 423 g/mol. The van der Waals surface area contributed by atoms with Gasteiger partial charge in [-0.25, -0.2) is 0 Å². The van der Waals surface area contributed by atoms with Gasteiger partial charge in [0, 0.05) is 36.5 Å². The van der Waals surface area contributed by atoms with E-state index < -0.39 is 10.8 Å². The summed E-state index contributed by atoms with van der Waals surface area (Å²) in [4.78, 5) is 25.8. The van der Waals surface area contributed by atoms with Crippen molar-refractivity contribution >= 4 is 23.0 Å². The Morgan fingerprint density at radius 2 is 1.94 bits per heavy atom. The van der Waals surface area contributed by atoms with Crippen molar-refractivity contribution in [2.24, 2.45) is 0 Å². The molecule has 0 saturated carbocycles. The molecule has 1 saturated heterocycles. The van der Waals surface area contributed by atoms with Gasteiger partial charge in [0.2, 0.25) is 0 Å². The largest absolute Gasteiger partial charge is 0.459 e. The highest BCUT2D eigenvalue weighted by Crippen LogP contribution is 2.29. The van der Waals surface area contributed by atoms with Crippen molar-refractivity contribution in [3.05, 3.63) is 76.0 Å². The van der Waals surface area contributed by atoms with Crippen LogP contribution in [0.2, 0.25) is 0 Å². The first kappa shape index (κ1) is 20.6. The fraction of sp³-hybridized carbons (Fsp3) is 0.227. The number of anilines is 2. The van der Waals surface area contributed by atoms with Crippen LogP contribution in [0.1, 0.15) is 16.1 Å². The fourth-order valence-corrected chi connectivity index (χ4v) is 3.47. The third-order valence-electron chi connectivity index (χ3n) is 5.01. The molecular formula is C22H21N3O6. The van der Waals surface area contributed by atoms with Crippen molar-refractivity contribution in [2.45, 2.75) is 6.61 Å². The van der Waals surface area contributed by atoms with Crippen LogP contribution in [0.25, 0.3) is 11.3 Å². The first-order valence-electron chi connectivity index (χ1n) is 9.77. The number of amides is 1. The molecule has 2 heterocycles. The van der Waals surface area contributed by atoms with Gasteiger partial charge in [-0.05, 0) is 30.3 Å². The minimum atomic E-state index is -0.518. The molecule has 2 N–H and O–H groups in total. The van der Waals surface area contributed by atoms with Crippen LogP contribution < -0.4 is 10.2 Å². The van der Waals surface area contributed by atoms with Crippen molar-refractivity contribution in [1.29, 1.82) is 0 Å². The normalized spacial score (nSPS) is 13.8. The first-order chi connectivity index (χ1) is 15.0.